The van der Waals surface area contributed by atoms with Crippen LogP contribution in [0.4, 0.5) is 0 Å². The van der Waals surface area contributed by atoms with Gasteiger partial charge in [-0.15, -0.1) is 0 Å². The van der Waals surface area contributed by atoms with E-state index in [1.54, 1.807) is 22.8 Å². The highest BCUT2D eigenvalue weighted by Gasteiger charge is 2.07. The monoisotopic (exact) mass is 289 g/mol. The maximum atomic E-state index is 11.0. The van der Waals surface area contributed by atoms with Gasteiger partial charge in [0.25, 0.3) is 0 Å². The second-order valence-electron chi connectivity index (χ2n) is 3.68. The van der Waals surface area contributed by atoms with Crippen molar-refractivity contribution in [1.29, 1.82) is 0 Å². The molecule has 0 aliphatic carbocycles. The van der Waals surface area contributed by atoms with Gasteiger partial charge in [-0.2, -0.15) is 9.83 Å². The highest BCUT2D eigenvalue weighted by atomic mass is 79.9. The molecule has 3 rings (SSSR count). The maximum absolute atomic E-state index is 11.0. The first kappa shape index (κ1) is 10.3. The van der Waals surface area contributed by atoms with E-state index in [-0.39, 0.29) is 0 Å². The Hall–Kier alpha value is -1.88. The number of rotatable bonds is 1. The fourth-order valence-corrected chi connectivity index (χ4v) is 2.10. The molecule has 0 aliphatic rings. The molecule has 0 aliphatic heterocycles. The average Bonchev–Trinajstić information content (AvgIpc) is 2.73. The molecular weight excluding hydrogens is 282 g/mol. The van der Waals surface area contributed by atoms with E-state index < -0.39 is 0 Å². The van der Waals surface area contributed by atoms with E-state index in [0.717, 1.165) is 25.8 Å². The van der Waals surface area contributed by atoms with Crippen LogP contribution in [0.2, 0.25) is 0 Å². The van der Waals surface area contributed by atoms with Gasteiger partial charge in [0, 0.05) is 28.4 Å². The maximum Gasteiger partial charge on any atom is 0.180 e. The lowest BCUT2D eigenvalue weighted by atomic mass is 10.1. The van der Waals surface area contributed by atoms with Gasteiger partial charge in [-0.05, 0) is 33.6 Å². The second-order valence-corrected chi connectivity index (χ2v) is 4.60. The Labute approximate surface area is 106 Å². The van der Waals surface area contributed by atoms with Gasteiger partial charge in [-0.3, -0.25) is 0 Å². The standard InChI is InChI=1S/C12H8BrN3O/c13-10-1-2-12-11(7-14-16(12)8-10)9-3-5-15(17)6-4-9/h1-8H. The average molecular weight is 290 g/mol. The predicted octanol–water partition coefficient (Wildman–Crippen LogP) is 2.40. The molecule has 0 saturated carbocycles. The van der Waals surface area contributed by atoms with Crippen molar-refractivity contribution >= 4 is 21.4 Å². The first-order valence-corrected chi connectivity index (χ1v) is 5.85. The van der Waals surface area contributed by atoms with Gasteiger partial charge < -0.3 is 5.21 Å². The van der Waals surface area contributed by atoms with E-state index in [1.807, 2.05) is 18.3 Å². The summed E-state index contributed by atoms with van der Waals surface area (Å²) in [6, 6.07) is 7.53. The summed E-state index contributed by atoms with van der Waals surface area (Å²) < 4.78 is 3.55. The van der Waals surface area contributed by atoms with E-state index in [0.29, 0.717) is 0 Å². The zero-order chi connectivity index (χ0) is 11.8. The quantitative estimate of drug-likeness (QED) is 0.510. The molecule has 4 nitrogen and oxygen atoms in total. The molecule has 0 spiro atoms. The minimum absolute atomic E-state index is 0.770. The van der Waals surface area contributed by atoms with Crippen LogP contribution in [0.1, 0.15) is 0 Å². The van der Waals surface area contributed by atoms with Crippen LogP contribution in [0.3, 0.4) is 0 Å². The predicted molar refractivity (Wildman–Crippen MR) is 67.3 cm³/mol. The van der Waals surface area contributed by atoms with Crippen LogP contribution in [0.5, 0.6) is 0 Å². The Kier molecular flexibility index (Phi) is 2.33. The Bertz CT molecular complexity index is 676. The minimum atomic E-state index is 0.770. The molecule has 17 heavy (non-hydrogen) atoms. The lowest BCUT2D eigenvalue weighted by Crippen LogP contribution is -2.23. The minimum Gasteiger partial charge on any atom is -0.619 e. The number of fused-ring (bicyclic) bond motifs is 1. The molecule has 0 bridgehead atoms. The van der Waals surface area contributed by atoms with Gasteiger partial charge >= 0.3 is 0 Å². The van der Waals surface area contributed by atoms with E-state index in [9.17, 15) is 5.21 Å². The molecule has 0 radical (unpaired) electrons. The fourth-order valence-electron chi connectivity index (χ4n) is 1.77. The lowest BCUT2D eigenvalue weighted by Gasteiger charge is -2.00. The summed E-state index contributed by atoms with van der Waals surface area (Å²) in [6.07, 6.45) is 6.66. The Morgan fingerprint density at radius 2 is 1.94 bits per heavy atom. The Balaban J connectivity index is 2.21. The van der Waals surface area contributed by atoms with Crippen molar-refractivity contribution in [3.63, 3.8) is 0 Å². The Morgan fingerprint density at radius 1 is 1.18 bits per heavy atom. The van der Waals surface area contributed by atoms with Crippen LogP contribution in [-0.2, 0) is 0 Å². The summed E-state index contributed by atoms with van der Waals surface area (Å²) in [5.41, 5.74) is 3.00. The van der Waals surface area contributed by atoms with Gasteiger partial charge in [0.2, 0.25) is 0 Å². The van der Waals surface area contributed by atoms with Crippen molar-refractivity contribution in [2.24, 2.45) is 0 Å². The van der Waals surface area contributed by atoms with Crippen molar-refractivity contribution in [2.75, 3.05) is 0 Å². The number of halogens is 1. The van der Waals surface area contributed by atoms with Crippen molar-refractivity contribution < 1.29 is 4.73 Å². The van der Waals surface area contributed by atoms with Crippen molar-refractivity contribution in [3.05, 3.63) is 58.7 Å². The third kappa shape index (κ3) is 1.78. The Morgan fingerprint density at radius 3 is 2.71 bits per heavy atom. The molecule has 0 fully saturated rings. The summed E-state index contributed by atoms with van der Waals surface area (Å²) in [7, 11) is 0. The highest BCUT2D eigenvalue weighted by molar-refractivity contribution is 9.10. The summed E-state index contributed by atoms with van der Waals surface area (Å²) in [5.74, 6) is 0. The molecular formula is C12H8BrN3O. The molecule has 3 aromatic heterocycles. The third-order valence-corrected chi connectivity index (χ3v) is 3.06. The normalized spacial score (nSPS) is 10.9. The van der Waals surface area contributed by atoms with Crippen LogP contribution < -0.4 is 4.73 Å². The van der Waals surface area contributed by atoms with E-state index >= 15 is 0 Å². The van der Waals surface area contributed by atoms with Crippen LogP contribution >= 0.6 is 15.9 Å². The molecule has 0 amide bonds. The SMILES string of the molecule is [O-][n+]1ccc(-c2cnn3cc(Br)ccc23)cc1. The molecule has 84 valence electrons. The molecule has 0 saturated heterocycles. The van der Waals surface area contributed by atoms with E-state index in [4.69, 9.17) is 0 Å². The second kappa shape index (κ2) is 3.85. The fraction of sp³-hybridized carbons (Fsp3) is 0. The van der Waals surface area contributed by atoms with Gasteiger partial charge in [-0.1, -0.05) is 0 Å². The third-order valence-electron chi connectivity index (χ3n) is 2.59. The van der Waals surface area contributed by atoms with Crippen LogP contribution in [0.25, 0.3) is 16.6 Å². The number of nitrogens with zero attached hydrogens (tertiary/aromatic N) is 3. The summed E-state index contributed by atoms with van der Waals surface area (Å²) in [4.78, 5) is 0. The zero-order valence-electron chi connectivity index (χ0n) is 8.75. The molecule has 0 aromatic carbocycles. The van der Waals surface area contributed by atoms with E-state index in [2.05, 4.69) is 21.0 Å². The highest BCUT2D eigenvalue weighted by Crippen LogP contribution is 2.24. The summed E-state index contributed by atoms with van der Waals surface area (Å²) in [6.45, 7) is 0. The molecule has 5 heteroatoms. The van der Waals surface area contributed by atoms with Crippen LogP contribution in [-0.4, -0.2) is 9.61 Å². The van der Waals surface area contributed by atoms with E-state index in [1.165, 1.54) is 12.4 Å². The smallest absolute Gasteiger partial charge is 0.180 e. The topological polar surface area (TPSA) is 44.2 Å². The number of aromatic nitrogens is 3. The van der Waals surface area contributed by atoms with Crippen LogP contribution in [0, 0.1) is 5.21 Å². The first-order valence-electron chi connectivity index (χ1n) is 5.06. The number of hydrogen-bond donors (Lipinski definition) is 0. The molecule has 0 N–H and O–H groups in total. The van der Waals surface area contributed by atoms with Crippen molar-refractivity contribution in [3.8, 4) is 11.1 Å². The molecule has 0 atom stereocenters. The summed E-state index contributed by atoms with van der Waals surface area (Å²) in [5, 5.41) is 15.3. The van der Waals surface area contributed by atoms with Gasteiger partial charge in [0.05, 0.1) is 11.7 Å². The van der Waals surface area contributed by atoms with Gasteiger partial charge in [0.1, 0.15) is 0 Å². The first-order chi connectivity index (χ1) is 8.24. The number of hydrogen-bond acceptors (Lipinski definition) is 2. The lowest BCUT2D eigenvalue weighted by molar-refractivity contribution is -0.605. The largest absolute Gasteiger partial charge is 0.619 e. The zero-order valence-corrected chi connectivity index (χ0v) is 10.3. The van der Waals surface area contributed by atoms with Crippen LogP contribution in [0.15, 0.2) is 53.5 Å². The van der Waals surface area contributed by atoms with Crippen molar-refractivity contribution in [1.82, 2.24) is 9.61 Å². The van der Waals surface area contributed by atoms with Gasteiger partial charge in [-0.25, -0.2) is 4.52 Å². The molecule has 0 unspecified atom stereocenters. The van der Waals surface area contributed by atoms with Crippen molar-refractivity contribution in [2.45, 2.75) is 0 Å². The molecule has 3 heterocycles. The summed E-state index contributed by atoms with van der Waals surface area (Å²) >= 11 is 3.40. The van der Waals surface area contributed by atoms with Gasteiger partial charge in [0.15, 0.2) is 12.4 Å². The molecule has 3 aromatic rings. The number of pyridine rings is 2.